The minimum Gasteiger partial charge on any atom is -0.468 e. The lowest BCUT2D eigenvalue weighted by Gasteiger charge is -2.35. The van der Waals surface area contributed by atoms with Crippen LogP contribution in [0.15, 0.2) is 59.5 Å². The highest BCUT2D eigenvalue weighted by Gasteiger charge is 2.27. The average Bonchev–Trinajstić information content (AvgIpc) is 2.84. The summed E-state index contributed by atoms with van der Waals surface area (Å²) in [6.45, 7) is 3.87. The molecule has 0 radical (unpaired) electrons. The lowest BCUT2D eigenvalue weighted by molar-refractivity contribution is -0.139. The topological polar surface area (TPSA) is 66.9 Å². The molecule has 1 unspecified atom stereocenters. The van der Waals surface area contributed by atoms with Crippen molar-refractivity contribution in [2.24, 2.45) is 0 Å². The number of ether oxygens (including phenoxy) is 1. The third-order valence-corrected chi connectivity index (χ3v) is 6.73. The number of hydrogen-bond donors (Lipinski definition) is 0. The van der Waals surface area contributed by atoms with Gasteiger partial charge in [-0.25, -0.2) is 0 Å². The first-order valence-electron chi connectivity index (χ1n) is 10.9. The molecule has 2 amide bonds. The number of thioether (sulfide) groups is 1. The molecule has 1 saturated heterocycles. The Hall–Kier alpha value is -2.80. The number of nitrogens with zero attached hydrogens (tertiary/aromatic N) is 2. The Kier molecular flexibility index (Phi) is 8.73. The van der Waals surface area contributed by atoms with Crippen LogP contribution in [0.25, 0.3) is 0 Å². The van der Waals surface area contributed by atoms with Gasteiger partial charge in [0.15, 0.2) is 0 Å². The van der Waals surface area contributed by atoms with Gasteiger partial charge in [-0.3, -0.25) is 14.4 Å². The number of aryl methyl sites for hydroxylation is 1. The monoisotopic (exact) mass is 454 g/mol. The van der Waals surface area contributed by atoms with E-state index in [0.717, 1.165) is 17.7 Å². The maximum absolute atomic E-state index is 13.1. The Bertz CT molecular complexity index is 927. The molecule has 0 aromatic heterocycles. The number of amides is 2. The Morgan fingerprint density at radius 3 is 2.25 bits per heavy atom. The molecule has 170 valence electrons. The zero-order valence-electron chi connectivity index (χ0n) is 18.7. The number of carbonyl (C=O) groups excluding carboxylic acids is 3. The van der Waals surface area contributed by atoms with Crippen LogP contribution in [0, 0.1) is 0 Å². The molecule has 1 fully saturated rings. The van der Waals surface area contributed by atoms with E-state index in [4.69, 9.17) is 4.74 Å². The molecule has 3 rings (SSSR count). The fourth-order valence-corrected chi connectivity index (χ4v) is 4.74. The molecule has 1 aliphatic rings. The first-order valence-corrected chi connectivity index (χ1v) is 11.8. The average molecular weight is 455 g/mol. The van der Waals surface area contributed by atoms with Crippen molar-refractivity contribution in [3.05, 3.63) is 65.7 Å². The quantitative estimate of drug-likeness (QED) is 0.450. The number of methoxy groups -OCH3 is 1. The van der Waals surface area contributed by atoms with Gasteiger partial charge in [0, 0.05) is 37.5 Å². The summed E-state index contributed by atoms with van der Waals surface area (Å²) in [6, 6.07) is 17.5. The fourth-order valence-electron chi connectivity index (χ4n) is 3.73. The molecule has 2 aromatic rings. The summed E-state index contributed by atoms with van der Waals surface area (Å²) < 4.78 is 4.80. The second kappa shape index (κ2) is 11.7. The predicted molar refractivity (Wildman–Crippen MR) is 126 cm³/mol. The second-order valence-corrected chi connectivity index (χ2v) is 9.17. The molecular weight excluding hydrogens is 424 g/mol. The highest BCUT2D eigenvalue weighted by atomic mass is 32.2. The van der Waals surface area contributed by atoms with E-state index in [9.17, 15) is 14.4 Å². The van der Waals surface area contributed by atoms with Gasteiger partial charge in [0.25, 0.3) is 5.91 Å². The van der Waals surface area contributed by atoms with Crippen LogP contribution in [0.1, 0.15) is 35.7 Å². The van der Waals surface area contributed by atoms with Gasteiger partial charge in [-0.2, -0.15) is 0 Å². The first kappa shape index (κ1) is 23.9. The molecule has 1 aliphatic heterocycles. The molecule has 0 spiro atoms. The summed E-state index contributed by atoms with van der Waals surface area (Å²) in [5.74, 6) is -0.242. The summed E-state index contributed by atoms with van der Waals surface area (Å²) in [6.07, 6.45) is 2.24. The standard InChI is InChI=1S/C25H30N2O4S/c1-19(25(30)31-2)32-22-13-7-6-12-21(22)24(29)27-17-15-26(16-18-27)23(28)14-8-11-20-9-4-3-5-10-20/h3-7,9-10,12-13,19H,8,11,14-18H2,1-2H3. The number of benzene rings is 2. The van der Waals surface area contributed by atoms with Crippen molar-refractivity contribution in [3.63, 3.8) is 0 Å². The number of hydrogen-bond acceptors (Lipinski definition) is 5. The van der Waals surface area contributed by atoms with Crippen molar-refractivity contribution in [2.45, 2.75) is 36.3 Å². The van der Waals surface area contributed by atoms with E-state index >= 15 is 0 Å². The van der Waals surface area contributed by atoms with Gasteiger partial charge in [0.05, 0.1) is 12.7 Å². The van der Waals surface area contributed by atoms with Crippen molar-refractivity contribution in [1.82, 2.24) is 9.80 Å². The van der Waals surface area contributed by atoms with Crippen LogP contribution in [-0.2, 0) is 20.7 Å². The minimum absolute atomic E-state index is 0.0682. The highest BCUT2D eigenvalue weighted by molar-refractivity contribution is 8.00. The maximum atomic E-state index is 13.1. The molecule has 1 atom stereocenters. The van der Waals surface area contributed by atoms with Gasteiger partial charge in [-0.15, -0.1) is 11.8 Å². The van der Waals surface area contributed by atoms with Crippen LogP contribution in [-0.4, -0.2) is 66.1 Å². The van der Waals surface area contributed by atoms with E-state index in [1.54, 1.807) is 17.9 Å². The Balaban J connectivity index is 1.51. The van der Waals surface area contributed by atoms with Crippen molar-refractivity contribution in [2.75, 3.05) is 33.3 Å². The summed E-state index contributed by atoms with van der Waals surface area (Å²) in [7, 11) is 1.36. The highest BCUT2D eigenvalue weighted by Crippen LogP contribution is 2.28. The Morgan fingerprint density at radius 1 is 0.938 bits per heavy atom. The van der Waals surface area contributed by atoms with Crippen LogP contribution in [0.2, 0.25) is 0 Å². The molecule has 0 aliphatic carbocycles. The van der Waals surface area contributed by atoms with Crippen LogP contribution in [0.5, 0.6) is 0 Å². The molecule has 32 heavy (non-hydrogen) atoms. The molecule has 6 nitrogen and oxygen atoms in total. The van der Waals surface area contributed by atoms with Crippen LogP contribution in [0.4, 0.5) is 0 Å². The molecule has 2 aromatic carbocycles. The van der Waals surface area contributed by atoms with Gasteiger partial charge in [-0.1, -0.05) is 42.5 Å². The number of rotatable bonds is 8. The SMILES string of the molecule is COC(=O)C(C)Sc1ccccc1C(=O)N1CCN(C(=O)CCCc2ccccc2)CC1. The summed E-state index contributed by atoms with van der Waals surface area (Å²) >= 11 is 1.32. The van der Waals surface area contributed by atoms with Crippen molar-refractivity contribution >= 4 is 29.5 Å². The van der Waals surface area contributed by atoms with Crippen LogP contribution < -0.4 is 0 Å². The molecule has 0 saturated carbocycles. The molecular formula is C25H30N2O4S. The smallest absolute Gasteiger partial charge is 0.318 e. The van der Waals surface area contributed by atoms with Crippen molar-refractivity contribution < 1.29 is 19.1 Å². The van der Waals surface area contributed by atoms with E-state index in [1.165, 1.54) is 24.4 Å². The molecule has 0 bridgehead atoms. The van der Waals surface area contributed by atoms with Crippen molar-refractivity contribution in [1.29, 1.82) is 0 Å². The normalized spacial score (nSPS) is 14.7. The predicted octanol–water partition coefficient (Wildman–Crippen LogP) is 3.65. The van der Waals surface area contributed by atoms with E-state index in [1.807, 2.05) is 41.3 Å². The van der Waals surface area contributed by atoms with E-state index in [-0.39, 0.29) is 17.8 Å². The third-order valence-electron chi connectivity index (χ3n) is 5.57. The summed E-state index contributed by atoms with van der Waals surface area (Å²) in [5.41, 5.74) is 1.82. The second-order valence-electron chi connectivity index (χ2n) is 7.79. The van der Waals surface area contributed by atoms with E-state index in [0.29, 0.717) is 38.2 Å². The van der Waals surface area contributed by atoms with Crippen LogP contribution >= 0.6 is 11.8 Å². The van der Waals surface area contributed by atoms with Crippen molar-refractivity contribution in [3.8, 4) is 0 Å². The number of esters is 1. The summed E-state index contributed by atoms with van der Waals surface area (Å²) in [5, 5.41) is -0.403. The summed E-state index contributed by atoms with van der Waals surface area (Å²) in [4.78, 5) is 41.9. The van der Waals surface area contributed by atoms with Gasteiger partial charge < -0.3 is 14.5 Å². The Morgan fingerprint density at radius 2 is 1.56 bits per heavy atom. The van der Waals surface area contributed by atoms with E-state index < -0.39 is 5.25 Å². The first-order chi connectivity index (χ1) is 15.5. The van der Waals surface area contributed by atoms with Gasteiger partial charge in [0.2, 0.25) is 5.91 Å². The molecule has 0 N–H and O–H groups in total. The zero-order chi connectivity index (χ0) is 22.9. The lowest BCUT2D eigenvalue weighted by Crippen LogP contribution is -2.50. The minimum atomic E-state index is -0.403. The van der Waals surface area contributed by atoms with E-state index in [2.05, 4.69) is 12.1 Å². The fraction of sp³-hybridized carbons (Fsp3) is 0.400. The number of carbonyl (C=O) groups is 3. The molecule has 1 heterocycles. The zero-order valence-corrected chi connectivity index (χ0v) is 19.5. The van der Waals surface area contributed by atoms with Gasteiger partial charge in [0.1, 0.15) is 5.25 Å². The Labute approximate surface area is 193 Å². The van der Waals surface area contributed by atoms with Gasteiger partial charge >= 0.3 is 5.97 Å². The number of piperazine rings is 1. The maximum Gasteiger partial charge on any atom is 0.318 e. The third kappa shape index (κ3) is 6.36. The largest absolute Gasteiger partial charge is 0.468 e. The molecule has 7 heteroatoms. The van der Waals surface area contributed by atoms with Gasteiger partial charge in [-0.05, 0) is 37.5 Å². The lowest BCUT2D eigenvalue weighted by atomic mass is 10.1. The van der Waals surface area contributed by atoms with Crippen LogP contribution in [0.3, 0.4) is 0 Å².